The molecule has 0 bridgehead atoms. The highest BCUT2D eigenvalue weighted by Crippen LogP contribution is 2.26. The molecule has 2 heterocycles. The van der Waals surface area contributed by atoms with E-state index in [9.17, 15) is 14.0 Å². The van der Waals surface area contributed by atoms with Crippen LogP contribution in [0.5, 0.6) is 0 Å². The number of Topliss-reactive ketones (excluding diaryl/α,β-unsaturated/α-hetero) is 1. The largest absolute Gasteiger partial charge is 0.324 e. The third-order valence-corrected chi connectivity index (χ3v) is 5.28. The van der Waals surface area contributed by atoms with Gasteiger partial charge < -0.3 is 9.88 Å². The molecule has 0 fully saturated rings. The first-order chi connectivity index (χ1) is 14.6. The summed E-state index contributed by atoms with van der Waals surface area (Å²) in [5.41, 5.74) is 1.34. The summed E-state index contributed by atoms with van der Waals surface area (Å²) in [6, 6.07) is 13.3. The zero-order valence-corrected chi connectivity index (χ0v) is 16.6. The number of aryl methyl sites for hydroxylation is 1. The Bertz CT molecular complexity index is 1060. The van der Waals surface area contributed by atoms with Gasteiger partial charge in [-0.05, 0) is 31.0 Å². The van der Waals surface area contributed by atoms with Crippen LogP contribution in [0.1, 0.15) is 48.3 Å². The van der Waals surface area contributed by atoms with Crippen LogP contribution in [-0.2, 0) is 17.8 Å². The summed E-state index contributed by atoms with van der Waals surface area (Å²) < 4.78 is 16.4. The summed E-state index contributed by atoms with van der Waals surface area (Å²) in [7, 11) is 0. The van der Waals surface area contributed by atoms with Crippen molar-refractivity contribution in [2.24, 2.45) is 0 Å². The molecule has 1 aromatic heterocycles. The Balaban J connectivity index is 1.46. The number of halogens is 1. The van der Waals surface area contributed by atoms with Crippen LogP contribution in [0.3, 0.4) is 0 Å². The number of carbonyl (C=O) groups is 2. The molecule has 30 heavy (non-hydrogen) atoms. The predicted molar refractivity (Wildman–Crippen MR) is 112 cm³/mol. The van der Waals surface area contributed by atoms with Gasteiger partial charge in [0.05, 0.1) is 5.69 Å². The predicted octanol–water partition coefficient (Wildman–Crippen LogP) is 4.41. The van der Waals surface area contributed by atoms with Gasteiger partial charge in [-0.3, -0.25) is 9.59 Å². The Morgan fingerprint density at radius 2 is 1.83 bits per heavy atom. The molecule has 7 heteroatoms. The van der Waals surface area contributed by atoms with E-state index in [0.717, 1.165) is 38.1 Å². The quantitative estimate of drug-likeness (QED) is 0.615. The molecule has 154 valence electrons. The number of nitrogens with zero attached hydrogens (tertiary/aromatic N) is 3. The summed E-state index contributed by atoms with van der Waals surface area (Å²) in [6.45, 7) is 0.832. The Hall–Kier alpha value is -3.35. The van der Waals surface area contributed by atoms with Gasteiger partial charge in [-0.25, -0.2) is 4.39 Å². The van der Waals surface area contributed by atoms with Crippen LogP contribution >= 0.6 is 0 Å². The van der Waals surface area contributed by atoms with Gasteiger partial charge in [0.2, 0.25) is 5.91 Å². The Morgan fingerprint density at radius 3 is 2.67 bits per heavy atom. The number of benzene rings is 2. The number of ketones is 1. The van der Waals surface area contributed by atoms with E-state index < -0.39 is 11.7 Å². The molecule has 0 unspecified atom stereocenters. The summed E-state index contributed by atoms with van der Waals surface area (Å²) in [6.07, 6.45) is 4.22. The van der Waals surface area contributed by atoms with Gasteiger partial charge in [-0.15, -0.1) is 10.2 Å². The Morgan fingerprint density at radius 1 is 1.00 bits per heavy atom. The van der Waals surface area contributed by atoms with Gasteiger partial charge >= 0.3 is 0 Å². The van der Waals surface area contributed by atoms with Crippen LogP contribution in [0.2, 0.25) is 0 Å². The van der Waals surface area contributed by atoms with Crippen LogP contribution in [0.4, 0.5) is 10.1 Å². The highest BCUT2D eigenvalue weighted by molar-refractivity contribution is 6.00. The summed E-state index contributed by atoms with van der Waals surface area (Å²) in [5.74, 6) is 0.567. The van der Waals surface area contributed by atoms with E-state index in [1.54, 1.807) is 36.4 Å². The molecule has 0 aliphatic carbocycles. The molecule has 2 aromatic carbocycles. The first-order valence-electron chi connectivity index (χ1n) is 10.2. The lowest BCUT2D eigenvalue weighted by Crippen LogP contribution is -2.14. The maximum absolute atomic E-state index is 14.3. The van der Waals surface area contributed by atoms with Crippen LogP contribution in [0.25, 0.3) is 11.4 Å². The zero-order valence-electron chi connectivity index (χ0n) is 16.6. The SMILES string of the molecule is O=C(CCC(=O)c1ccccc1)Nc1cc(-c2nnc3n2CCCCC3)ccc1F. The van der Waals surface area contributed by atoms with Crippen molar-refractivity contribution in [1.29, 1.82) is 0 Å². The number of fused-ring (bicyclic) bond motifs is 1. The minimum Gasteiger partial charge on any atom is -0.324 e. The van der Waals surface area contributed by atoms with Gasteiger partial charge in [-0.2, -0.15) is 0 Å². The van der Waals surface area contributed by atoms with Gasteiger partial charge in [0, 0.05) is 36.9 Å². The number of hydrogen-bond donors (Lipinski definition) is 1. The third kappa shape index (κ3) is 4.45. The normalized spacial score (nSPS) is 13.4. The second-order valence-electron chi connectivity index (χ2n) is 7.43. The molecule has 1 aliphatic heterocycles. The lowest BCUT2D eigenvalue weighted by atomic mass is 10.1. The van der Waals surface area contributed by atoms with E-state index >= 15 is 0 Å². The number of rotatable bonds is 6. The highest BCUT2D eigenvalue weighted by Gasteiger charge is 2.18. The smallest absolute Gasteiger partial charge is 0.224 e. The van der Waals surface area contributed by atoms with Crippen molar-refractivity contribution in [1.82, 2.24) is 14.8 Å². The molecule has 3 aromatic rings. The van der Waals surface area contributed by atoms with Crippen molar-refractivity contribution in [3.63, 3.8) is 0 Å². The third-order valence-electron chi connectivity index (χ3n) is 5.28. The number of hydrogen-bond acceptors (Lipinski definition) is 4. The van der Waals surface area contributed by atoms with Crippen LogP contribution in [-0.4, -0.2) is 26.5 Å². The molecule has 4 rings (SSSR count). The molecule has 0 radical (unpaired) electrons. The average molecular weight is 406 g/mol. The van der Waals surface area contributed by atoms with E-state index in [1.807, 2.05) is 6.07 Å². The van der Waals surface area contributed by atoms with Crippen molar-refractivity contribution in [3.05, 3.63) is 65.7 Å². The van der Waals surface area contributed by atoms with Gasteiger partial charge in [0.1, 0.15) is 11.6 Å². The minimum absolute atomic E-state index is 0.0161. The van der Waals surface area contributed by atoms with E-state index in [2.05, 4.69) is 20.1 Å². The number of aromatic nitrogens is 3. The lowest BCUT2D eigenvalue weighted by Gasteiger charge is -2.10. The van der Waals surface area contributed by atoms with Crippen molar-refractivity contribution in [3.8, 4) is 11.4 Å². The maximum atomic E-state index is 14.3. The van der Waals surface area contributed by atoms with Crippen molar-refractivity contribution < 1.29 is 14.0 Å². The second-order valence-corrected chi connectivity index (χ2v) is 7.43. The van der Waals surface area contributed by atoms with E-state index in [-0.39, 0.29) is 24.3 Å². The summed E-state index contributed by atoms with van der Waals surface area (Å²) in [4.78, 5) is 24.5. The fourth-order valence-corrected chi connectivity index (χ4v) is 3.67. The highest BCUT2D eigenvalue weighted by atomic mass is 19.1. The van der Waals surface area contributed by atoms with E-state index in [0.29, 0.717) is 17.0 Å². The topological polar surface area (TPSA) is 76.9 Å². The Labute approximate surface area is 174 Å². The van der Waals surface area contributed by atoms with Gasteiger partial charge in [0.15, 0.2) is 11.6 Å². The number of amides is 1. The first kappa shape index (κ1) is 19.9. The molecular weight excluding hydrogens is 383 g/mol. The first-order valence-corrected chi connectivity index (χ1v) is 10.2. The number of anilines is 1. The van der Waals surface area contributed by atoms with E-state index in [4.69, 9.17) is 0 Å². The minimum atomic E-state index is -0.530. The standard InChI is InChI=1S/C23H23FN4O2/c24-18-11-10-17(23-27-26-21-9-5-2-6-14-28(21)23)15-19(18)25-22(30)13-12-20(29)16-7-3-1-4-8-16/h1,3-4,7-8,10-11,15H,2,5-6,9,12-14H2,(H,25,30). The molecule has 0 atom stereocenters. The molecule has 6 nitrogen and oxygen atoms in total. The average Bonchev–Trinajstić information content (AvgIpc) is 3.02. The molecule has 1 aliphatic rings. The van der Waals surface area contributed by atoms with Crippen molar-refractivity contribution >= 4 is 17.4 Å². The zero-order chi connectivity index (χ0) is 20.9. The molecule has 0 saturated heterocycles. The summed E-state index contributed by atoms with van der Waals surface area (Å²) >= 11 is 0. The fraction of sp³-hybridized carbons (Fsp3) is 0.304. The van der Waals surface area contributed by atoms with Crippen LogP contribution in [0, 0.1) is 5.82 Å². The van der Waals surface area contributed by atoms with Crippen LogP contribution in [0.15, 0.2) is 48.5 Å². The number of nitrogens with one attached hydrogen (secondary N) is 1. The Kier molecular flexibility index (Phi) is 5.97. The van der Waals surface area contributed by atoms with E-state index in [1.165, 1.54) is 6.07 Å². The molecule has 1 N–H and O–H groups in total. The lowest BCUT2D eigenvalue weighted by molar-refractivity contribution is -0.116. The van der Waals surface area contributed by atoms with Crippen LogP contribution < -0.4 is 5.32 Å². The molecular formula is C23H23FN4O2. The molecule has 0 saturated carbocycles. The van der Waals surface area contributed by atoms with Crippen molar-refractivity contribution in [2.75, 3.05) is 5.32 Å². The second kappa shape index (κ2) is 8.98. The fourth-order valence-electron chi connectivity index (χ4n) is 3.67. The van der Waals surface area contributed by atoms with Gasteiger partial charge in [-0.1, -0.05) is 36.8 Å². The molecule has 0 spiro atoms. The number of carbonyl (C=O) groups excluding carboxylic acids is 2. The maximum Gasteiger partial charge on any atom is 0.224 e. The monoisotopic (exact) mass is 406 g/mol. The molecule has 1 amide bonds. The summed E-state index contributed by atoms with van der Waals surface area (Å²) in [5, 5.41) is 11.2. The van der Waals surface area contributed by atoms with Crippen molar-refractivity contribution in [2.45, 2.75) is 45.1 Å². The van der Waals surface area contributed by atoms with Gasteiger partial charge in [0.25, 0.3) is 0 Å².